The fourth-order valence-corrected chi connectivity index (χ4v) is 4.15. The van der Waals surface area contributed by atoms with Gasteiger partial charge in [-0.1, -0.05) is 13.3 Å². The summed E-state index contributed by atoms with van der Waals surface area (Å²) in [6.45, 7) is 8.21. The zero-order valence-electron chi connectivity index (χ0n) is 18.2. The summed E-state index contributed by atoms with van der Waals surface area (Å²) in [6.07, 6.45) is 4.31. The van der Waals surface area contributed by atoms with Gasteiger partial charge < -0.3 is 9.72 Å². The predicted molar refractivity (Wildman–Crippen MR) is 116 cm³/mol. The number of rotatable bonds is 6. The topological polar surface area (TPSA) is 88.9 Å². The molecule has 1 aliphatic rings. The summed E-state index contributed by atoms with van der Waals surface area (Å²) in [7, 11) is 1.62. The Labute approximate surface area is 176 Å². The molecule has 3 heterocycles. The number of fused-ring (bicyclic) bond motifs is 1. The number of tetrazole rings is 1. The molecule has 0 unspecified atom stereocenters. The van der Waals surface area contributed by atoms with Crippen LogP contribution in [-0.2, 0) is 5.54 Å². The predicted octanol–water partition coefficient (Wildman–Crippen LogP) is 3.24. The Morgan fingerprint density at radius 1 is 1.20 bits per heavy atom. The molecule has 8 heteroatoms. The van der Waals surface area contributed by atoms with E-state index in [-0.39, 0.29) is 17.1 Å². The van der Waals surface area contributed by atoms with Crippen molar-refractivity contribution in [3.8, 4) is 5.75 Å². The van der Waals surface area contributed by atoms with Crippen molar-refractivity contribution in [3.63, 3.8) is 0 Å². The van der Waals surface area contributed by atoms with Crippen LogP contribution in [0.15, 0.2) is 29.1 Å². The first-order valence-corrected chi connectivity index (χ1v) is 10.7. The highest BCUT2D eigenvalue weighted by atomic mass is 16.5. The third kappa shape index (κ3) is 3.71. The Morgan fingerprint density at radius 3 is 2.67 bits per heavy atom. The van der Waals surface area contributed by atoms with Crippen LogP contribution in [0.1, 0.15) is 63.9 Å². The number of hydrogen-bond donors (Lipinski definition) is 1. The average Bonchev–Trinajstić information content (AvgIpc) is 3.25. The second kappa shape index (κ2) is 8.18. The summed E-state index contributed by atoms with van der Waals surface area (Å²) < 4.78 is 7.19. The SMILES string of the molecule is CCC(C)(C)n1nnnc1[C@H](c1cc2ccc(OC)cc2[nH]c1=O)N1CCCCC1. The number of methoxy groups -OCH3 is 1. The molecule has 0 aliphatic carbocycles. The summed E-state index contributed by atoms with van der Waals surface area (Å²) in [5, 5.41) is 13.7. The molecule has 1 aromatic carbocycles. The molecule has 0 amide bonds. The van der Waals surface area contributed by atoms with Gasteiger partial charge in [-0.3, -0.25) is 9.69 Å². The molecule has 0 spiro atoms. The van der Waals surface area contributed by atoms with Crippen molar-refractivity contribution in [2.24, 2.45) is 0 Å². The molecule has 160 valence electrons. The van der Waals surface area contributed by atoms with Gasteiger partial charge in [-0.05, 0) is 80.2 Å². The van der Waals surface area contributed by atoms with Crippen LogP contribution in [-0.4, -0.2) is 50.3 Å². The van der Waals surface area contributed by atoms with E-state index >= 15 is 0 Å². The fraction of sp³-hybridized carbons (Fsp3) is 0.545. The van der Waals surface area contributed by atoms with Crippen molar-refractivity contribution < 1.29 is 4.74 Å². The molecule has 3 aromatic rings. The number of benzene rings is 1. The van der Waals surface area contributed by atoms with Gasteiger partial charge in [-0.2, -0.15) is 0 Å². The summed E-state index contributed by atoms with van der Waals surface area (Å²) in [6, 6.07) is 7.41. The van der Waals surface area contributed by atoms with Crippen LogP contribution in [0.25, 0.3) is 10.9 Å². The van der Waals surface area contributed by atoms with Crippen LogP contribution in [0, 0.1) is 0 Å². The molecule has 0 saturated carbocycles. The van der Waals surface area contributed by atoms with E-state index in [4.69, 9.17) is 4.74 Å². The summed E-state index contributed by atoms with van der Waals surface area (Å²) >= 11 is 0. The maximum atomic E-state index is 13.2. The highest BCUT2D eigenvalue weighted by molar-refractivity contribution is 5.80. The largest absolute Gasteiger partial charge is 0.497 e. The maximum Gasteiger partial charge on any atom is 0.253 e. The zero-order chi connectivity index (χ0) is 21.3. The lowest BCUT2D eigenvalue weighted by molar-refractivity contribution is 0.167. The molecular weight excluding hydrogens is 380 g/mol. The number of nitrogens with zero attached hydrogens (tertiary/aromatic N) is 5. The number of nitrogens with one attached hydrogen (secondary N) is 1. The van der Waals surface area contributed by atoms with E-state index in [0.717, 1.165) is 49.1 Å². The van der Waals surface area contributed by atoms with Gasteiger partial charge in [0.1, 0.15) is 11.8 Å². The van der Waals surface area contributed by atoms with Gasteiger partial charge in [0.25, 0.3) is 5.56 Å². The minimum atomic E-state index is -0.290. The monoisotopic (exact) mass is 410 g/mol. The van der Waals surface area contributed by atoms with Crippen molar-refractivity contribution in [3.05, 3.63) is 46.0 Å². The van der Waals surface area contributed by atoms with Gasteiger partial charge >= 0.3 is 0 Å². The van der Waals surface area contributed by atoms with E-state index in [1.54, 1.807) is 7.11 Å². The van der Waals surface area contributed by atoms with Crippen LogP contribution in [0.4, 0.5) is 0 Å². The lowest BCUT2D eigenvalue weighted by Gasteiger charge is -2.35. The molecule has 1 N–H and O–H groups in total. The smallest absolute Gasteiger partial charge is 0.253 e. The second-order valence-electron chi connectivity index (χ2n) is 8.62. The lowest BCUT2D eigenvalue weighted by Crippen LogP contribution is -2.40. The van der Waals surface area contributed by atoms with Crippen LogP contribution in [0.3, 0.4) is 0 Å². The number of ether oxygens (including phenoxy) is 1. The number of pyridine rings is 1. The number of piperidine rings is 1. The first-order chi connectivity index (χ1) is 14.4. The molecular formula is C22H30N6O2. The zero-order valence-corrected chi connectivity index (χ0v) is 18.2. The van der Waals surface area contributed by atoms with Crippen LogP contribution in [0.2, 0.25) is 0 Å². The molecule has 4 rings (SSSR count). The third-order valence-corrected chi connectivity index (χ3v) is 6.31. The number of aromatic nitrogens is 5. The Hall–Kier alpha value is -2.74. The Kier molecular flexibility index (Phi) is 5.60. The quantitative estimate of drug-likeness (QED) is 0.671. The molecule has 1 saturated heterocycles. The Morgan fingerprint density at radius 2 is 1.97 bits per heavy atom. The minimum Gasteiger partial charge on any atom is -0.497 e. The number of H-pyrrole nitrogens is 1. The molecule has 8 nitrogen and oxygen atoms in total. The molecule has 0 radical (unpaired) electrons. The Balaban J connectivity index is 1.89. The van der Waals surface area contributed by atoms with Gasteiger partial charge in [0.05, 0.1) is 18.2 Å². The van der Waals surface area contributed by atoms with Crippen molar-refractivity contribution in [1.82, 2.24) is 30.1 Å². The molecule has 1 aliphatic heterocycles. The first kappa shape index (κ1) is 20.5. The van der Waals surface area contributed by atoms with Crippen LogP contribution in [0.5, 0.6) is 5.75 Å². The molecule has 30 heavy (non-hydrogen) atoms. The summed E-state index contributed by atoms with van der Waals surface area (Å²) in [5.41, 5.74) is 1.07. The van der Waals surface area contributed by atoms with Gasteiger partial charge in [0, 0.05) is 11.6 Å². The highest BCUT2D eigenvalue weighted by Crippen LogP contribution is 2.32. The van der Waals surface area contributed by atoms with Crippen molar-refractivity contribution in [2.75, 3.05) is 20.2 Å². The minimum absolute atomic E-state index is 0.116. The normalized spacial score (nSPS) is 16.7. The van der Waals surface area contributed by atoms with E-state index in [9.17, 15) is 4.79 Å². The van der Waals surface area contributed by atoms with Gasteiger partial charge in [-0.25, -0.2) is 4.68 Å². The van der Waals surface area contributed by atoms with E-state index in [1.807, 2.05) is 28.9 Å². The molecule has 2 aromatic heterocycles. The lowest BCUT2D eigenvalue weighted by atomic mass is 9.98. The molecule has 1 atom stereocenters. The van der Waals surface area contributed by atoms with Gasteiger partial charge in [0.2, 0.25) is 0 Å². The van der Waals surface area contributed by atoms with Crippen LogP contribution < -0.4 is 10.3 Å². The third-order valence-electron chi connectivity index (χ3n) is 6.31. The maximum absolute atomic E-state index is 13.2. The summed E-state index contributed by atoms with van der Waals surface area (Å²) in [5.74, 6) is 1.44. The average molecular weight is 411 g/mol. The van der Waals surface area contributed by atoms with Crippen molar-refractivity contribution in [1.29, 1.82) is 0 Å². The van der Waals surface area contributed by atoms with Gasteiger partial charge in [0.15, 0.2) is 5.82 Å². The van der Waals surface area contributed by atoms with E-state index in [0.29, 0.717) is 11.3 Å². The van der Waals surface area contributed by atoms with Crippen LogP contribution >= 0.6 is 0 Å². The fourth-order valence-electron chi connectivity index (χ4n) is 4.15. The molecule has 1 fully saturated rings. The van der Waals surface area contributed by atoms with E-state index in [2.05, 4.69) is 46.2 Å². The van der Waals surface area contributed by atoms with E-state index in [1.165, 1.54) is 6.42 Å². The number of hydrogen-bond acceptors (Lipinski definition) is 6. The number of likely N-dealkylation sites (tertiary alicyclic amines) is 1. The standard InChI is InChI=1S/C22H30N6O2/c1-5-22(2,3)28-20(24-25-26-28)19(27-11-7-6-8-12-27)17-13-15-9-10-16(30-4)14-18(15)23-21(17)29/h9-10,13-14,19H,5-8,11-12H2,1-4H3,(H,23,29)/t19-/m0/s1. The van der Waals surface area contributed by atoms with Crippen molar-refractivity contribution in [2.45, 2.75) is 58.0 Å². The first-order valence-electron chi connectivity index (χ1n) is 10.7. The second-order valence-corrected chi connectivity index (χ2v) is 8.62. The Bertz CT molecular complexity index is 1080. The number of aromatic amines is 1. The summed E-state index contributed by atoms with van der Waals surface area (Å²) in [4.78, 5) is 18.6. The van der Waals surface area contributed by atoms with Gasteiger partial charge in [-0.15, -0.1) is 5.10 Å². The molecule has 0 bridgehead atoms. The van der Waals surface area contributed by atoms with E-state index < -0.39 is 0 Å². The highest BCUT2D eigenvalue weighted by Gasteiger charge is 2.34. The van der Waals surface area contributed by atoms with Crippen molar-refractivity contribution >= 4 is 10.9 Å².